The SMILES string of the molecule is O=C(O)c1cccc2c1CCCN2Cc1ccc(Cl)s1. The molecule has 2 aromatic rings. The molecule has 0 saturated heterocycles. The molecule has 0 unspecified atom stereocenters. The van der Waals surface area contributed by atoms with E-state index >= 15 is 0 Å². The maximum Gasteiger partial charge on any atom is 0.336 e. The molecule has 2 heterocycles. The maximum absolute atomic E-state index is 11.3. The zero-order valence-corrected chi connectivity index (χ0v) is 12.4. The highest BCUT2D eigenvalue weighted by Gasteiger charge is 2.22. The van der Waals surface area contributed by atoms with Crippen molar-refractivity contribution in [3.63, 3.8) is 0 Å². The van der Waals surface area contributed by atoms with Crippen molar-refractivity contribution in [2.24, 2.45) is 0 Å². The number of anilines is 1. The van der Waals surface area contributed by atoms with E-state index in [-0.39, 0.29) is 0 Å². The Morgan fingerprint density at radius 1 is 1.35 bits per heavy atom. The van der Waals surface area contributed by atoms with E-state index in [1.807, 2.05) is 24.3 Å². The standard InChI is InChI=1S/C15H14ClNO2S/c16-14-7-6-10(20-14)9-17-8-2-4-11-12(15(18)19)3-1-5-13(11)17/h1,3,5-7H,2,4,8-9H2,(H,18,19). The van der Waals surface area contributed by atoms with Crippen molar-refractivity contribution in [2.75, 3.05) is 11.4 Å². The minimum atomic E-state index is -0.845. The molecule has 3 rings (SSSR count). The van der Waals surface area contributed by atoms with Crippen molar-refractivity contribution in [3.05, 3.63) is 50.7 Å². The molecule has 0 radical (unpaired) electrons. The van der Waals surface area contributed by atoms with Crippen LogP contribution in [0, 0.1) is 0 Å². The van der Waals surface area contributed by atoms with E-state index in [9.17, 15) is 9.90 Å². The number of carboxylic acid groups (broad SMARTS) is 1. The summed E-state index contributed by atoms with van der Waals surface area (Å²) in [7, 11) is 0. The van der Waals surface area contributed by atoms with Gasteiger partial charge in [-0.2, -0.15) is 0 Å². The number of hydrogen-bond acceptors (Lipinski definition) is 3. The van der Waals surface area contributed by atoms with Crippen LogP contribution in [0.3, 0.4) is 0 Å². The number of nitrogens with zero attached hydrogens (tertiary/aromatic N) is 1. The van der Waals surface area contributed by atoms with Crippen molar-refractivity contribution in [2.45, 2.75) is 19.4 Å². The Balaban J connectivity index is 1.94. The van der Waals surface area contributed by atoms with Gasteiger partial charge in [-0.15, -0.1) is 11.3 Å². The highest BCUT2D eigenvalue weighted by Crippen LogP contribution is 2.32. The Kier molecular flexibility index (Phi) is 3.68. The van der Waals surface area contributed by atoms with Crippen LogP contribution in [0.1, 0.15) is 27.2 Å². The lowest BCUT2D eigenvalue weighted by Gasteiger charge is -2.31. The topological polar surface area (TPSA) is 40.5 Å². The summed E-state index contributed by atoms with van der Waals surface area (Å²) in [6.07, 6.45) is 1.82. The molecule has 3 nitrogen and oxygen atoms in total. The molecule has 0 fully saturated rings. The molecule has 0 spiro atoms. The first-order valence-corrected chi connectivity index (χ1v) is 7.69. The number of fused-ring (bicyclic) bond motifs is 1. The van der Waals surface area contributed by atoms with Crippen molar-refractivity contribution >= 4 is 34.6 Å². The Morgan fingerprint density at radius 3 is 2.90 bits per heavy atom. The fraction of sp³-hybridized carbons (Fsp3) is 0.267. The Bertz CT molecular complexity index is 653. The van der Waals surface area contributed by atoms with E-state index in [1.54, 1.807) is 17.4 Å². The average molecular weight is 308 g/mol. The van der Waals surface area contributed by atoms with Crippen LogP contribution < -0.4 is 4.90 Å². The number of carboxylic acids is 1. The van der Waals surface area contributed by atoms with Crippen LogP contribution in [0.2, 0.25) is 4.34 Å². The molecule has 1 aromatic heterocycles. The number of halogens is 1. The van der Waals surface area contributed by atoms with Gasteiger partial charge in [-0.1, -0.05) is 17.7 Å². The summed E-state index contributed by atoms with van der Waals surface area (Å²) < 4.78 is 0.788. The van der Waals surface area contributed by atoms with Crippen LogP contribution in [-0.4, -0.2) is 17.6 Å². The van der Waals surface area contributed by atoms with Crippen molar-refractivity contribution in [1.82, 2.24) is 0 Å². The van der Waals surface area contributed by atoms with Gasteiger partial charge >= 0.3 is 5.97 Å². The summed E-state index contributed by atoms with van der Waals surface area (Å²) in [4.78, 5) is 14.7. The fourth-order valence-corrected chi connectivity index (χ4v) is 3.79. The van der Waals surface area contributed by atoms with Crippen molar-refractivity contribution in [3.8, 4) is 0 Å². The minimum Gasteiger partial charge on any atom is -0.478 e. The van der Waals surface area contributed by atoms with Gasteiger partial charge in [0.1, 0.15) is 0 Å². The zero-order valence-electron chi connectivity index (χ0n) is 10.8. The molecule has 20 heavy (non-hydrogen) atoms. The largest absolute Gasteiger partial charge is 0.478 e. The molecule has 0 bridgehead atoms. The van der Waals surface area contributed by atoms with Crippen LogP contribution >= 0.6 is 22.9 Å². The normalized spacial score (nSPS) is 14.2. The van der Waals surface area contributed by atoms with Gasteiger partial charge in [-0.3, -0.25) is 0 Å². The number of aromatic carboxylic acids is 1. The molecule has 1 N–H and O–H groups in total. The van der Waals surface area contributed by atoms with Gasteiger partial charge in [0.15, 0.2) is 0 Å². The first kappa shape index (κ1) is 13.5. The van der Waals surface area contributed by atoms with Crippen LogP contribution in [0.4, 0.5) is 5.69 Å². The van der Waals surface area contributed by atoms with Crippen LogP contribution in [0.25, 0.3) is 0 Å². The quantitative estimate of drug-likeness (QED) is 0.930. The summed E-state index contributed by atoms with van der Waals surface area (Å²) in [5.74, 6) is -0.845. The van der Waals surface area contributed by atoms with Crippen LogP contribution in [0.15, 0.2) is 30.3 Å². The predicted octanol–water partition coefficient (Wildman–Crippen LogP) is 4.05. The Morgan fingerprint density at radius 2 is 2.20 bits per heavy atom. The molecular formula is C15H14ClNO2S. The van der Waals surface area contributed by atoms with Crippen LogP contribution in [0.5, 0.6) is 0 Å². The van der Waals surface area contributed by atoms with E-state index in [2.05, 4.69) is 4.90 Å². The van der Waals surface area contributed by atoms with Crippen LogP contribution in [-0.2, 0) is 13.0 Å². The second-order valence-corrected chi connectivity index (χ2v) is 6.64. The number of carbonyl (C=O) groups is 1. The Labute approximate surface area is 126 Å². The van der Waals surface area contributed by atoms with Gasteiger partial charge in [0.25, 0.3) is 0 Å². The second kappa shape index (κ2) is 5.46. The molecule has 104 valence electrons. The van der Waals surface area contributed by atoms with Crippen molar-refractivity contribution in [1.29, 1.82) is 0 Å². The third kappa shape index (κ3) is 2.53. The van der Waals surface area contributed by atoms with Gasteiger partial charge in [-0.25, -0.2) is 4.79 Å². The molecule has 0 amide bonds. The highest BCUT2D eigenvalue weighted by atomic mass is 35.5. The highest BCUT2D eigenvalue weighted by molar-refractivity contribution is 7.16. The van der Waals surface area contributed by atoms with E-state index in [0.717, 1.165) is 41.5 Å². The molecule has 1 aromatic carbocycles. The first-order chi connectivity index (χ1) is 9.65. The number of rotatable bonds is 3. The van der Waals surface area contributed by atoms with E-state index in [0.29, 0.717) is 5.56 Å². The number of hydrogen-bond donors (Lipinski definition) is 1. The summed E-state index contributed by atoms with van der Waals surface area (Å²) >= 11 is 7.54. The van der Waals surface area contributed by atoms with Gasteiger partial charge in [0, 0.05) is 17.1 Å². The second-order valence-electron chi connectivity index (χ2n) is 4.84. The number of thiophene rings is 1. The molecule has 1 aliphatic heterocycles. The lowest BCUT2D eigenvalue weighted by molar-refractivity contribution is 0.0695. The van der Waals surface area contributed by atoms with Gasteiger partial charge < -0.3 is 10.0 Å². The third-order valence-electron chi connectivity index (χ3n) is 3.55. The lowest BCUT2D eigenvalue weighted by atomic mass is 9.96. The van der Waals surface area contributed by atoms with Gasteiger partial charge in [0.2, 0.25) is 0 Å². The van der Waals surface area contributed by atoms with Crippen molar-refractivity contribution < 1.29 is 9.90 Å². The Hall–Kier alpha value is -1.52. The molecular weight excluding hydrogens is 294 g/mol. The summed E-state index contributed by atoms with van der Waals surface area (Å²) in [6.45, 7) is 1.74. The summed E-state index contributed by atoms with van der Waals surface area (Å²) in [5, 5.41) is 9.29. The lowest BCUT2D eigenvalue weighted by Crippen LogP contribution is -2.29. The van der Waals surface area contributed by atoms with E-state index in [4.69, 9.17) is 11.6 Å². The zero-order chi connectivity index (χ0) is 14.1. The smallest absolute Gasteiger partial charge is 0.336 e. The fourth-order valence-electron chi connectivity index (χ4n) is 2.69. The van der Waals surface area contributed by atoms with Gasteiger partial charge in [-0.05, 0) is 42.7 Å². The monoisotopic (exact) mass is 307 g/mol. The predicted molar refractivity (Wildman–Crippen MR) is 82.1 cm³/mol. The average Bonchev–Trinajstić information content (AvgIpc) is 2.84. The summed E-state index contributed by atoms with van der Waals surface area (Å²) in [6, 6.07) is 9.45. The molecule has 0 aliphatic carbocycles. The maximum atomic E-state index is 11.3. The van der Waals surface area contributed by atoms with Gasteiger partial charge in [0.05, 0.1) is 16.4 Å². The molecule has 5 heteroatoms. The minimum absolute atomic E-state index is 0.427. The molecule has 0 saturated carbocycles. The summed E-state index contributed by atoms with van der Waals surface area (Å²) in [5.41, 5.74) is 2.42. The first-order valence-electron chi connectivity index (χ1n) is 6.49. The number of benzene rings is 1. The third-order valence-corrected chi connectivity index (χ3v) is 4.77. The van der Waals surface area contributed by atoms with E-state index in [1.165, 1.54) is 4.88 Å². The molecule has 1 aliphatic rings. The molecule has 0 atom stereocenters. The van der Waals surface area contributed by atoms with E-state index < -0.39 is 5.97 Å².